The maximum Gasteiger partial charge on any atom is 0.383 e. The monoisotopic (exact) mass is 635 g/mol. The smallest absolute Gasteiger partial charge is 0.378 e. The summed E-state index contributed by atoms with van der Waals surface area (Å²) in [5, 5.41) is 9.76. The van der Waals surface area contributed by atoms with E-state index in [4.69, 9.17) is 4.74 Å². The fraction of sp³-hybridized carbons (Fsp3) is 0.656. The molecular weight excluding hydrogens is 588 g/mol. The van der Waals surface area contributed by atoms with Crippen LogP contribution in [0.2, 0.25) is 0 Å². The number of morpholine rings is 1. The summed E-state index contributed by atoms with van der Waals surface area (Å²) in [7, 11) is 1.03. The predicted octanol–water partition coefficient (Wildman–Crippen LogP) is 2.72. The zero-order valence-corrected chi connectivity index (χ0v) is 26.2. The van der Waals surface area contributed by atoms with Crippen molar-refractivity contribution in [1.29, 1.82) is 0 Å². The molecule has 1 aliphatic carbocycles. The summed E-state index contributed by atoms with van der Waals surface area (Å²) in [6, 6.07) is 4.75. The van der Waals surface area contributed by atoms with Gasteiger partial charge in [0.2, 0.25) is 17.6 Å². The number of amides is 5. The molecule has 1 saturated heterocycles. The lowest BCUT2D eigenvalue weighted by Crippen LogP contribution is -2.60. The Morgan fingerprint density at radius 1 is 0.956 bits per heavy atom. The van der Waals surface area contributed by atoms with Crippen LogP contribution in [0, 0.1) is 5.92 Å². The number of alkyl halides is 2. The third-order valence-electron chi connectivity index (χ3n) is 8.44. The predicted molar refractivity (Wildman–Crippen MR) is 163 cm³/mol. The maximum atomic E-state index is 14.9. The Morgan fingerprint density at radius 3 is 2.22 bits per heavy atom. The van der Waals surface area contributed by atoms with Crippen molar-refractivity contribution in [3.8, 4) is 0 Å². The molecule has 11 nitrogen and oxygen atoms in total. The van der Waals surface area contributed by atoms with E-state index in [1.807, 2.05) is 18.3 Å². The quantitative estimate of drug-likeness (QED) is 0.217. The molecule has 1 aliphatic heterocycles. The number of carbonyl (C=O) groups is 5. The van der Waals surface area contributed by atoms with Gasteiger partial charge in [-0.15, -0.1) is 0 Å². The molecule has 1 heterocycles. The van der Waals surface area contributed by atoms with Crippen LogP contribution in [0.4, 0.5) is 13.6 Å². The van der Waals surface area contributed by atoms with Crippen LogP contribution in [0.15, 0.2) is 30.3 Å². The van der Waals surface area contributed by atoms with Crippen LogP contribution in [0.5, 0.6) is 0 Å². The van der Waals surface area contributed by atoms with Crippen LogP contribution in [-0.2, 0) is 30.3 Å². The van der Waals surface area contributed by atoms with E-state index >= 15 is 0 Å². The van der Waals surface area contributed by atoms with Crippen molar-refractivity contribution in [3.05, 3.63) is 35.9 Å². The second kappa shape index (κ2) is 17.9. The van der Waals surface area contributed by atoms with Crippen molar-refractivity contribution in [2.75, 3.05) is 33.4 Å². The topological polar surface area (TPSA) is 146 Å². The van der Waals surface area contributed by atoms with Gasteiger partial charge in [-0.2, -0.15) is 8.78 Å². The number of carbonyl (C=O) groups excluding carboxylic acids is 5. The summed E-state index contributed by atoms with van der Waals surface area (Å²) in [6.45, 7) is 3.33. The molecule has 45 heavy (non-hydrogen) atoms. The summed E-state index contributed by atoms with van der Waals surface area (Å²) >= 11 is 0. The van der Waals surface area contributed by atoms with Crippen molar-refractivity contribution in [1.82, 2.24) is 26.2 Å². The highest BCUT2D eigenvalue weighted by Crippen LogP contribution is 2.30. The van der Waals surface area contributed by atoms with E-state index < -0.39 is 53.6 Å². The molecule has 2 fully saturated rings. The van der Waals surface area contributed by atoms with E-state index in [0.29, 0.717) is 39.1 Å². The SMILES string of the molecule is CCCCC(NC(CC1CCCCC1)C(=O)C(F)(F)C(=O)NC)C(=O)NC(=O)C(Cc1ccccc1)NC(=O)N1CCOCC1. The Bertz CT molecular complexity index is 1140. The Labute approximate surface area is 263 Å². The van der Waals surface area contributed by atoms with Gasteiger partial charge in [-0.3, -0.25) is 29.8 Å². The van der Waals surface area contributed by atoms with Gasteiger partial charge in [0.15, 0.2) is 0 Å². The van der Waals surface area contributed by atoms with Crippen molar-refractivity contribution >= 4 is 29.5 Å². The highest BCUT2D eigenvalue weighted by molar-refractivity contribution is 6.10. The zero-order chi connectivity index (χ0) is 32.8. The van der Waals surface area contributed by atoms with E-state index in [1.165, 1.54) is 4.90 Å². The van der Waals surface area contributed by atoms with E-state index in [9.17, 15) is 32.8 Å². The number of urea groups is 1. The van der Waals surface area contributed by atoms with Gasteiger partial charge in [0.25, 0.3) is 5.91 Å². The van der Waals surface area contributed by atoms with Crippen LogP contribution in [0.25, 0.3) is 0 Å². The Hall–Kier alpha value is -3.45. The highest BCUT2D eigenvalue weighted by atomic mass is 19.3. The molecule has 0 bridgehead atoms. The number of imide groups is 1. The first-order valence-electron chi connectivity index (χ1n) is 16.0. The van der Waals surface area contributed by atoms with Crippen LogP contribution in [-0.4, -0.2) is 91.8 Å². The van der Waals surface area contributed by atoms with E-state index in [1.54, 1.807) is 24.3 Å². The van der Waals surface area contributed by atoms with Crippen LogP contribution >= 0.6 is 0 Å². The summed E-state index contributed by atoms with van der Waals surface area (Å²) in [5.74, 6) is -9.20. The van der Waals surface area contributed by atoms with E-state index in [0.717, 1.165) is 44.7 Å². The molecule has 0 aromatic heterocycles. The number of ketones is 1. The van der Waals surface area contributed by atoms with Crippen molar-refractivity contribution in [2.24, 2.45) is 5.92 Å². The second-order valence-corrected chi connectivity index (χ2v) is 11.8. The van der Waals surface area contributed by atoms with Gasteiger partial charge < -0.3 is 20.3 Å². The zero-order valence-electron chi connectivity index (χ0n) is 26.2. The van der Waals surface area contributed by atoms with Gasteiger partial charge in [-0.1, -0.05) is 82.2 Å². The van der Waals surface area contributed by atoms with Gasteiger partial charge in [0.05, 0.1) is 25.3 Å². The number of Topliss-reactive ketones (excluding diaryl/α,β-unsaturated/α-hetero) is 1. The van der Waals surface area contributed by atoms with Gasteiger partial charge in [0.1, 0.15) is 6.04 Å². The Balaban J connectivity index is 1.80. The largest absolute Gasteiger partial charge is 0.383 e. The minimum Gasteiger partial charge on any atom is -0.378 e. The fourth-order valence-corrected chi connectivity index (χ4v) is 5.80. The second-order valence-electron chi connectivity index (χ2n) is 11.8. The molecule has 1 aromatic carbocycles. The van der Waals surface area contributed by atoms with Gasteiger partial charge in [-0.25, -0.2) is 4.79 Å². The summed E-state index contributed by atoms with van der Waals surface area (Å²) in [5.41, 5.74) is 0.752. The average molecular weight is 636 g/mol. The van der Waals surface area contributed by atoms with Gasteiger partial charge in [0, 0.05) is 26.6 Å². The highest BCUT2D eigenvalue weighted by Gasteiger charge is 2.50. The Kier molecular flexibility index (Phi) is 14.3. The van der Waals surface area contributed by atoms with Crippen molar-refractivity contribution in [3.63, 3.8) is 0 Å². The molecule has 3 unspecified atom stereocenters. The molecule has 250 valence electrons. The molecule has 0 spiro atoms. The number of nitrogens with one attached hydrogen (secondary N) is 4. The van der Waals surface area contributed by atoms with Gasteiger partial charge in [-0.05, 0) is 24.3 Å². The lowest BCUT2D eigenvalue weighted by Gasteiger charge is -2.31. The van der Waals surface area contributed by atoms with Crippen molar-refractivity contribution in [2.45, 2.75) is 95.2 Å². The van der Waals surface area contributed by atoms with E-state index in [2.05, 4.69) is 16.0 Å². The molecule has 5 amide bonds. The molecule has 4 N–H and O–H groups in total. The number of nitrogens with zero attached hydrogens (tertiary/aromatic N) is 1. The average Bonchev–Trinajstić information content (AvgIpc) is 3.06. The molecule has 3 atom stereocenters. The first-order valence-corrected chi connectivity index (χ1v) is 16.0. The van der Waals surface area contributed by atoms with E-state index in [-0.39, 0.29) is 25.2 Å². The normalized spacial score (nSPS) is 17.9. The number of hydrogen-bond acceptors (Lipinski definition) is 7. The minimum atomic E-state index is -4.30. The first kappa shape index (κ1) is 36.0. The molecular formula is C32H47F2N5O6. The third-order valence-corrected chi connectivity index (χ3v) is 8.44. The molecule has 13 heteroatoms. The van der Waals surface area contributed by atoms with Crippen molar-refractivity contribution < 1.29 is 37.5 Å². The lowest BCUT2D eigenvalue weighted by molar-refractivity contribution is -0.159. The number of benzene rings is 1. The molecule has 3 rings (SSSR count). The lowest BCUT2D eigenvalue weighted by atomic mass is 9.83. The molecule has 1 aromatic rings. The van der Waals surface area contributed by atoms with Crippen LogP contribution in [0.1, 0.15) is 70.3 Å². The molecule has 0 radical (unpaired) electrons. The number of unbranched alkanes of at least 4 members (excludes halogenated alkanes) is 1. The van der Waals surface area contributed by atoms with Crippen LogP contribution < -0.4 is 21.3 Å². The number of ether oxygens (including phenoxy) is 1. The summed E-state index contributed by atoms with van der Waals surface area (Å²) in [6.07, 6.45) is 5.83. The first-order chi connectivity index (χ1) is 21.6. The minimum absolute atomic E-state index is 0.0251. The van der Waals surface area contributed by atoms with Gasteiger partial charge >= 0.3 is 12.0 Å². The molecule has 1 saturated carbocycles. The Morgan fingerprint density at radius 2 is 1.60 bits per heavy atom. The maximum absolute atomic E-state index is 14.9. The summed E-state index contributed by atoms with van der Waals surface area (Å²) in [4.78, 5) is 66.7. The standard InChI is InChI=1S/C32H47F2N5O6/c1-3-4-15-24(36-25(20-22-11-7-5-8-12-22)27(40)32(33,34)30(43)35-2)28(41)38-29(42)26(21-23-13-9-6-10-14-23)37-31(44)39-16-18-45-19-17-39/h6,9-10,13-14,22,24-26,36H,3-5,7-8,11-12,15-21H2,1-2H3,(H,35,43)(H,37,44)(H,38,41,42). The fourth-order valence-electron chi connectivity index (χ4n) is 5.80. The number of rotatable bonds is 15. The number of halogens is 2. The summed E-state index contributed by atoms with van der Waals surface area (Å²) < 4.78 is 35.1. The molecule has 2 aliphatic rings. The number of hydrogen-bond donors (Lipinski definition) is 4. The van der Waals surface area contributed by atoms with Crippen LogP contribution in [0.3, 0.4) is 0 Å². The third kappa shape index (κ3) is 10.8.